The number of allylic oxidation sites excluding steroid dienone is 15. The second kappa shape index (κ2) is 17.6. The lowest BCUT2D eigenvalue weighted by Crippen LogP contribution is -2.35. The molecule has 4 aliphatic rings. The molecule has 2 nitrogen and oxygen atoms in total. The molecule has 0 bridgehead atoms. The summed E-state index contributed by atoms with van der Waals surface area (Å²) >= 11 is 0. The first-order valence-corrected chi connectivity index (χ1v) is 20.0. The van der Waals surface area contributed by atoms with E-state index in [1.165, 1.54) is 79.2 Å². The van der Waals surface area contributed by atoms with Crippen LogP contribution in [0.3, 0.4) is 0 Å². The number of fused-ring (bicyclic) bond motifs is 1. The molecule has 4 aliphatic carbocycles. The van der Waals surface area contributed by atoms with Crippen molar-refractivity contribution in [3.05, 3.63) is 106 Å². The van der Waals surface area contributed by atoms with Gasteiger partial charge in [0.05, 0.1) is 0 Å². The van der Waals surface area contributed by atoms with Gasteiger partial charge >= 0.3 is 5.97 Å². The van der Waals surface area contributed by atoms with Gasteiger partial charge in [-0.2, -0.15) is 0 Å². The second-order valence-corrected chi connectivity index (χ2v) is 17.7. The molecule has 274 valence electrons. The van der Waals surface area contributed by atoms with Gasteiger partial charge in [0.2, 0.25) is 0 Å². The topological polar surface area (TPSA) is 26.3 Å². The largest absolute Gasteiger partial charge is 0.459 e. The van der Waals surface area contributed by atoms with E-state index in [0.29, 0.717) is 29.1 Å². The molecule has 0 aromatic rings. The Balaban J connectivity index is 1.34. The van der Waals surface area contributed by atoms with Gasteiger partial charge in [-0.25, -0.2) is 4.79 Å². The maximum absolute atomic E-state index is 12.9. The monoisotopic (exact) mass is 679 g/mol. The van der Waals surface area contributed by atoms with E-state index in [2.05, 4.69) is 111 Å². The molecule has 0 amide bonds. The minimum absolute atomic E-state index is 0.104. The fraction of sp³-hybridized carbons (Fsp3) is 0.604. The lowest BCUT2D eigenvalue weighted by Gasteiger charge is -2.44. The highest BCUT2D eigenvalue weighted by Crippen LogP contribution is 2.59. The highest BCUT2D eigenvalue weighted by molar-refractivity contribution is 5.83. The van der Waals surface area contributed by atoms with Gasteiger partial charge < -0.3 is 4.74 Å². The first-order valence-electron chi connectivity index (χ1n) is 20.0. The number of ether oxygens (including phenoxy) is 1. The summed E-state index contributed by atoms with van der Waals surface area (Å²) in [5.41, 5.74) is 9.77. The van der Waals surface area contributed by atoms with Gasteiger partial charge in [-0.05, 0) is 142 Å². The van der Waals surface area contributed by atoms with E-state index in [4.69, 9.17) is 4.74 Å². The van der Waals surface area contributed by atoms with Crippen LogP contribution in [-0.2, 0) is 9.53 Å². The molecule has 50 heavy (non-hydrogen) atoms. The molecule has 3 fully saturated rings. The Labute approximate surface area is 307 Å². The Bertz CT molecular complexity index is 1480. The van der Waals surface area contributed by atoms with E-state index in [1.807, 2.05) is 19.1 Å². The normalized spacial score (nSPS) is 31.1. The van der Waals surface area contributed by atoms with E-state index in [9.17, 15) is 4.79 Å². The maximum Gasteiger partial charge on any atom is 0.331 e. The van der Waals surface area contributed by atoms with Crippen LogP contribution in [0.5, 0.6) is 0 Å². The average Bonchev–Trinajstić information content (AvgIpc) is 3.40. The molecular weight excluding hydrogens is 609 g/mol. The third-order valence-corrected chi connectivity index (χ3v) is 13.0. The summed E-state index contributed by atoms with van der Waals surface area (Å²) < 4.78 is 5.99. The molecule has 3 saturated carbocycles. The van der Waals surface area contributed by atoms with Gasteiger partial charge in [0, 0.05) is 12.5 Å². The molecule has 0 saturated heterocycles. The average molecular weight is 679 g/mol. The van der Waals surface area contributed by atoms with Crippen molar-refractivity contribution in [3.8, 4) is 0 Å². The van der Waals surface area contributed by atoms with E-state index in [1.54, 1.807) is 11.6 Å². The zero-order chi connectivity index (χ0) is 36.6. The summed E-state index contributed by atoms with van der Waals surface area (Å²) in [6, 6.07) is 0. The van der Waals surface area contributed by atoms with Crippen molar-refractivity contribution in [1.82, 2.24) is 0 Å². The van der Waals surface area contributed by atoms with Crippen molar-refractivity contribution in [2.24, 2.45) is 40.4 Å². The number of esters is 1. The standard InChI is InChI=1S/C48H70O2/c1-33(2)36(5)20-21-39(8)44-27-28-45-40(18-14-30-48(44,45)11)23-24-41-32-42(25-22-37(41)6)50-46(49)31-35(4)16-12-15-34(3)19-26-43-38(7)17-13-29-47(43,9)10/h12,15-16,19-21,23-24,26,31,33,36,39,42,44-45H,6,13-14,17-18,22,25,27-30,32H2,1-5,7-11H3/t36-,39+,42-,44+,45-,48+/m0/s1. The maximum atomic E-state index is 12.9. The summed E-state index contributed by atoms with van der Waals surface area (Å²) in [6.07, 6.45) is 34.6. The van der Waals surface area contributed by atoms with Crippen LogP contribution in [0.2, 0.25) is 0 Å². The Morgan fingerprint density at radius 2 is 1.64 bits per heavy atom. The van der Waals surface area contributed by atoms with Crippen molar-refractivity contribution >= 4 is 5.97 Å². The first kappa shape index (κ1) is 39.9. The zero-order valence-electron chi connectivity index (χ0n) is 33.5. The number of rotatable bonds is 11. The van der Waals surface area contributed by atoms with Gasteiger partial charge in [-0.1, -0.05) is 132 Å². The molecule has 2 heteroatoms. The van der Waals surface area contributed by atoms with Crippen LogP contribution in [-0.4, -0.2) is 12.1 Å². The van der Waals surface area contributed by atoms with Gasteiger partial charge in [0.25, 0.3) is 0 Å². The number of hydrogen-bond acceptors (Lipinski definition) is 2. The predicted octanol–water partition coefficient (Wildman–Crippen LogP) is 13.7. The van der Waals surface area contributed by atoms with Crippen molar-refractivity contribution in [3.63, 3.8) is 0 Å². The SMILES string of the molecule is C=C1CC[C@H](OC(=O)C=C(C)C=CC=C(C)C=CC2=C(C)CCCC2(C)C)CC1=CC=C1CCC[C@]2(C)[C@@H]([C@H](C)C=C[C@H](C)C(C)C)CC[C@@H]12. The summed E-state index contributed by atoms with van der Waals surface area (Å²) in [5.74, 6) is 3.10. The number of carbonyl (C=O) groups is 1. The fourth-order valence-corrected chi connectivity index (χ4v) is 9.40. The van der Waals surface area contributed by atoms with Gasteiger partial charge in [0.15, 0.2) is 0 Å². The zero-order valence-corrected chi connectivity index (χ0v) is 33.5. The van der Waals surface area contributed by atoms with E-state index in [-0.39, 0.29) is 17.5 Å². The molecular formula is C48H70O2. The third-order valence-electron chi connectivity index (χ3n) is 13.0. The van der Waals surface area contributed by atoms with Crippen LogP contribution in [0.1, 0.15) is 140 Å². The van der Waals surface area contributed by atoms with Crippen LogP contribution < -0.4 is 0 Å². The van der Waals surface area contributed by atoms with E-state index >= 15 is 0 Å². The van der Waals surface area contributed by atoms with Crippen molar-refractivity contribution in [1.29, 1.82) is 0 Å². The van der Waals surface area contributed by atoms with Crippen LogP contribution >= 0.6 is 0 Å². The van der Waals surface area contributed by atoms with Crippen LogP contribution in [0, 0.1) is 40.4 Å². The van der Waals surface area contributed by atoms with Crippen LogP contribution in [0.4, 0.5) is 0 Å². The molecule has 0 aromatic heterocycles. The van der Waals surface area contributed by atoms with Crippen LogP contribution in [0.25, 0.3) is 0 Å². The highest BCUT2D eigenvalue weighted by Gasteiger charge is 2.50. The van der Waals surface area contributed by atoms with Crippen LogP contribution in [0.15, 0.2) is 106 Å². The summed E-state index contributed by atoms with van der Waals surface area (Å²) in [5, 5.41) is 0. The van der Waals surface area contributed by atoms with E-state index < -0.39 is 0 Å². The Kier molecular flexibility index (Phi) is 14.0. The Morgan fingerprint density at radius 1 is 0.900 bits per heavy atom. The molecule has 0 heterocycles. The summed E-state index contributed by atoms with van der Waals surface area (Å²) in [4.78, 5) is 12.9. The lowest BCUT2D eigenvalue weighted by molar-refractivity contribution is -0.143. The summed E-state index contributed by atoms with van der Waals surface area (Å²) in [7, 11) is 0. The van der Waals surface area contributed by atoms with Gasteiger partial charge in [-0.15, -0.1) is 0 Å². The number of hydrogen-bond donors (Lipinski definition) is 0. The van der Waals surface area contributed by atoms with Crippen molar-refractivity contribution < 1.29 is 9.53 Å². The number of carbonyl (C=O) groups excluding carboxylic acids is 1. The minimum atomic E-state index is -0.254. The molecule has 0 radical (unpaired) electrons. The van der Waals surface area contributed by atoms with Gasteiger partial charge in [0.1, 0.15) is 6.10 Å². The smallest absolute Gasteiger partial charge is 0.331 e. The summed E-state index contributed by atoms with van der Waals surface area (Å²) in [6.45, 7) is 27.5. The quantitative estimate of drug-likeness (QED) is 0.0941. The lowest BCUT2D eigenvalue weighted by atomic mass is 9.61. The van der Waals surface area contributed by atoms with E-state index in [0.717, 1.165) is 30.8 Å². The fourth-order valence-electron chi connectivity index (χ4n) is 9.40. The first-order chi connectivity index (χ1) is 23.6. The molecule has 4 rings (SSSR count). The molecule has 0 unspecified atom stereocenters. The third kappa shape index (κ3) is 10.4. The Morgan fingerprint density at radius 3 is 2.36 bits per heavy atom. The molecule has 6 atom stereocenters. The molecule has 0 aromatic carbocycles. The Hall–Kier alpha value is -2.87. The van der Waals surface area contributed by atoms with Crippen molar-refractivity contribution in [2.45, 2.75) is 146 Å². The van der Waals surface area contributed by atoms with Crippen molar-refractivity contribution in [2.75, 3.05) is 0 Å². The van der Waals surface area contributed by atoms with Gasteiger partial charge in [-0.3, -0.25) is 0 Å². The predicted molar refractivity (Wildman–Crippen MR) is 216 cm³/mol. The minimum Gasteiger partial charge on any atom is -0.459 e. The highest BCUT2D eigenvalue weighted by atomic mass is 16.5. The second-order valence-electron chi connectivity index (χ2n) is 17.7. The molecule has 0 aliphatic heterocycles. The molecule has 0 N–H and O–H groups in total. The molecule has 0 spiro atoms.